The second kappa shape index (κ2) is 5.60. The summed E-state index contributed by atoms with van der Waals surface area (Å²) in [6.45, 7) is 5.78. The van der Waals surface area contributed by atoms with Gasteiger partial charge in [0.15, 0.2) is 0 Å². The second-order valence-electron chi connectivity index (χ2n) is 2.08. The highest BCUT2D eigenvalue weighted by Gasteiger charge is 1.99. The highest BCUT2D eigenvalue weighted by Crippen LogP contribution is 2.06. The molecule has 0 aromatic carbocycles. The monoisotopic (exact) mass is 128 g/mol. The van der Waals surface area contributed by atoms with Gasteiger partial charge in [0.05, 0.1) is 0 Å². The van der Waals surface area contributed by atoms with Crippen LogP contribution in [0.5, 0.6) is 0 Å². The van der Waals surface area contributed by atoms with Crippen molar-refractivity contribution in [3.63, 3.8) is 0 Å². The predicted molar refractivity (Wildman–Crippen MR) is 38.7 cm³/mol. The van der Waals surface area contributed by atoms with Crippen molar-refractivity contribution in [1.29, 1.82) is 0 Å². The van der Waals surface area contributed by atoms with Gasteiger partial charge >= 0.3 is 0 Å². The molecule has 0 fully saturated rings. The first kappa shape index (κ1) is 8.47. The Bertz CT molecular complexity index is 81.0. The summed E-state index contributed by atoms with van der Waals surface area (Å²) in [5, 5.41) is 11.1. The first-order chi connectivity index (χ1) is 4.35. The van der Waals surface area contributed by atoms with E-state index in [4.69, 9.17) is 5.21 Å². The van der Waals surface area contributed by atoms with Gasteiger partial charge < -0.3 is 5.21 Å². The molecule has 1 unspecified atom stereocenters. The van der Waals surface area contributed by atoms with Gasteiger partial charge in [0.25, 0.3) is 0 Å². The topological polar surface area (TPSA) is 32.6 Å². The molecule has 1 atom stereocenters. The van der Waals surface area contributed by atoms with Crippen LogP contribution in [0.25, 0.3) is 0 Å². The number of rotatable bonds is 4. The number of oxime groups is 1. The minimum atomic E-state index is 0.410. The minimum absolute atomic E-state index is 0.410. The zero-order valence-electron chi connectivity index (χ0n) is 5.88. The summed E-state index contributed by atoms with van der Waals surface area (Å²) in [5.41, 5.74) is 0. The fourth-order valence-corrected chi connectivity index (χ4v) is 0.741. The fraction of sp³-hybridized carbons (Fsp3) is 0.714. The van der Waals surface area contributed by atoms with Crippen molar-refractivity contribution in [3.8, 4) is 0 Å². The van der Waals surface area contributed by atoms with Crippen molar-refractivity contribution < 1.29 is 5.21 Å². The van der Waals surface area contributed by atoms with Gasteiger partial charge in [-0.15, -0.1) is 5.16 Å². The minimum Gasteiger partial charge on any atom is -0.411 e. The van der Waals surface area contributed by atoms with Crippen molar-refractivity contribution in [2.75, 3.05) is 0 Å². The van der Waals surface area contributed by atoms with Crippen LogP contribution in [0.2, 0.25) is 0 Å². The third-order valence-electron chi connectivity index (χ3n) is 1.38. The molecule has 0 saturated carbocycles. The standard InChI is InChI=1S/C7H14NO/c1-3-5-7(4-2)6-8-9/h6-7,9H,1,3-5H2,2H3/b8-6-. The summed E-state index contributed by atoms with van der Waals surface area (Å²) in [4.78, 5) is 0. The van der Waals surface area contributed by atoms with E-state index in [1.54, 1.807) is 6.21 Å². The van der Waals surface area contributed by atoms with E-state index in [1.165, 1.54) is 0 Å². The van der Waals surface area contributed by atoms with E-state index in [-0.39, 0.29) is 0 Å². The maximum absolute atomic E-state index is 8.14. The van der Waals surface area contributed by atoms with Crippen LogP contribution in [0.15, 0.2) is 5.16 Å². The Hall–Kier alpha value is -0.530. The Morgan fingerprint density at radius 2 is 2.44 bits per heavy atom. The fourth-order valence-electron chi connectivity index (χ4n) is 0.741. The average Bonchev–Trinajstić information content (AvgIpc) is 1.88. The third kappa shape index (κ3) is 4.01. The van der Waals surface area contributed by atoms with Crippen molar-refractivity contribution in [3.05, 3.63) is 6.92 Å². The summed E-state index contributed by atoms with van der Waals surface area (Å²) >= 11 is 0. The largest absolute Gasteiger partial charge is 0.411 e. The molecule has 1 N–H and O–H groups in total. The molecule has 0 bridgehead atoms. The lowest BCUT2D eigenvalue weighted by Gasteiger charge is -2.03. The summed E-state index contributed by atoms with van der Waals surface area (Å²) in [6, 6.07) is 0. The van der Waals surface area contributed by atoms with Gasteiger partial charge in [-0.3, -0.25) is 0 Å². The highest BCUT2D eigenvalue weighted by molar-refractivity contribution is 5.59. The van der Waals surface area contributed by atoms with Crippen LogP contribution in [-0.4, -0.2) is 11.4 Å². The molecule has 2 nitrogen and oxygen atoms in total. The summed E-state index contributed by atoms with van der Waals surface area (Å²) in [7, 11) is 0. The molecule has 0 rings (SSSR count). The average molecular weight is 128 g/mol. The third-order valence-corrected chi connectivity index (χ3v) is 1.38. The molecule has 9 heavy (non-hydrogen) atoms. The highest BCUT2D eigenvalue weighted by atomic mass is 16.4. The Kier molecular flexibility index (Phi) is 5.27. The van der Waals surface area contributed by atoms with Crippen LogP contribution in [0, 0.1) is 12.8 Å². The molecule has 0 amide bonds. The molecular formula is C7H14NO. The van der Waals surface area contributed by atoms with Gasteiger partial charge in [0, 0.05) is 6.21 Å². The van der Waals surface area contributed by atoms with Crippen LogP contribution >= 0.6 is 0 Å². The second-order valence-corrected chi connectivity index (χ2v) is 2.08. The maximum Gasteiger partial charge on any atom is 0.0466 e. The lowest BCUT2D eigenvalue weighted by Crippen LogP contribution is -1.98. The maximum atomic E-state index is 8.14. The molecule has 0 heterocycles. The van der Waals surface area contributed by atoms with E-state index in [2.05, 4.69) is 19.0 Å². The summed E-state index contributed by atoms with van der Waals surface area (Å²) in [6.07, 6.45) is 4.52. The molecule has 1 radical (unpaired) electrons. The zero-order valence-corrected chi connectivity index (χ0v) is 5.88. The van der Waals surface area contributed by atoms with Gasteiger partial charge in [-0.25, -0.2) is 0 Å². The summed E-state index contributed by atoms with van der Waals surface area (Å²) in [5.74, 6) is 0.410. The number of hydrogen-bond acceptors (Lipinski definition) is 2. The SMILES string of the molecule is [CH2]CCC(/C=N\O)CC. The van der Waals surface area contributed by atoms with Crippen molar-refractivity contribution in [2.45, 2.75) is 26.2 Å². The van der Waals surface area contributed by atoms with Gasteiger partial charge in [-0.1, -0.05) is 20.3 Å². The van der Waals surface area contributed by atoms with Gasteiger partial charge in [0.2, 0.25) is 0 Å². The first-order valence-electron chi connectivity index (χ1n) is 3.32. The van der Waals surface area contributed by atoms with Crippen molar-refractivity contribution in [2.24, 2.45) is 11.1 Å². The number of hydrogen-bond donors (Lipinski definition) is 1. The molecule has 53 valence electrons. The molecule has 0 aliphatic carbocycles. The lowest BCUT2D eigenvalue weighted by molar-refractivity contribution is 0.317. The Morgan fingerprint density at radius 1 is 1.78 bits per heavy atom. The predicted octanol–water partition coefficient (Wildman–Crippen LogP) is 2.09. The van der Waals surface area contributed by atoms with E-state index < -0.39 is 0 Å². The quantitative estimate of drug-likeness (QED) is 0.351. The number of nitrogens with zero attached hydrogens (tertiary/aromatic N) is 1. The Balaban J connectivity index is 3.41. The first-order valence-corrected chi connectivity index (χ1v) is 3.32. The normalized spacial score (nSPS) is 14.4. The van der Waals surface area contributed by atoms with Crippen LogP contribution in [0.1, 0.15) is 26.2 Å². The Morgan fingerprint density at radius 3 is 2.78 bits per heavy atom. The molecule has 0 aromatic rings. The smallest absolute Gasteiger partial charge is 0.0466 e. The van der Waals surface area contributed by atoms with E-state index in [0.717, 1.165) is 19.3 Å². The van der Waals surface area contributed by atoms with Crippen LogP contribution in [0.4, 0.5) is 0 Å². The molecule has 0 spiro atoms. The summed E-state index contributed by atoms with van der Waals surface area (Å²) < 4.78 is 0. The van der Waals surface area contributed by atoms with Crippen molar-refractivity contribution >= 4 is 6.21 Å². The van der Waals surface area contributed by atoms with Crippen LogP contribution in [-0.2, 0) is 0 Å². The molecule has 0 aliphatic heterocycles. The molecular weight excluding hydrogens is 114 g/mol. The van der Waals surface area contributed by atoms with Gasteiger partial charge in [-0.2, -0.15) is 0 Å². The van der Waals surface area contributed by atoms with Crippen LogP contribution in [0.3, 0.4) is 0 Å². The zero-order chi connectivity index (χ0) is 7.11. The van der Waals surface area contributed by atoms with E-state index in [9.17, 15) is 0 Å². The van der Waals surface area contributed by atoms with Gasteiger partial charge in [-0.05, 0) is 18.8 Å². The van der Waals surface area contributed by atoms with Gasteiger partial charge in [0.1, 0.15) is 0 Å². The van der Waals surface area contributed by atoms with E-state index >= 15 is 0 Å². The van der Waals surface area contributed by atoms with Crippen molar-refractivity contribution in [1.82, 2.24) is 0 Å². The van der Waals surface area contributed by atoms with E-state index in [1.807, 2.05) is 0 Å². The molecule has 0 saturated heterocycles. The molecule has 2 heteroatoms. The van der Waals surface area contributed by atoms with Crippen LogP contribution < -0.4 is 0 Å². The molecule has 0 aromatic heterocycles. The Labute approximate surface area is 56.6 Å². The van der Waals surface area contributed by atoms with E-state index in [0.29, 0.717) is 5.92 Å². The lowest BCUT2D eigenvalue weighted by atomic mass is 10.0. The molecule has 0 aliphatic rings.